The smallest absolute Gasteiger partial charge is 0.407 e. The van der Waals surface area contributed by atoms with Gasteiger partial charge in [0.25, 0.3) is 0 Å². The number of benzene rings is 1. The highest BCUT2D eigenvalue weighted by atomic mass is 32.2. The van der Waals surface area contributed by atoms with E-state index in [1.807, 2.05) is 55.6 Å². The van der Waals surface area contributed by atoms with Gasteiger partial charge >= 0.3 is 6.09 Å². The van der Waals surface area contributed by atoms with Crippen LogP contribution in [0.3, 0.4) is 0 Å². The van der Waals surface area contributed by atoms with Gasteiger partial charge in [-0.15, -0.1) is 23.1 Å². The van der Waals surface area contributed by atoms with Crippen molar-refractivity contribution in [2.75, 3.05) is 25.0 Å². The van der Waals surface area contributed by atoms with Gasteiger partial charge in [-0.1, -0.05) is 18.2 Å². The van der Waals surface area contributed by atoms with Gasteiger partial charge in [-0.25, -0.2) is 14.8 Å². The quantitative estimate of drug-likeness (QED) is 0.318. The largest absolute Gasteiger partial charge is 0.465 e. The number of pyridine rings is 1. The van der Waals surface area contributed by atoms with Crippen molar-refractivity contribution >= 4 is 46.0 Å². The van der Waals surface area contributed by atoms with Crippen LogP contribution in [-0.2, 0) is 4.79 Å². The number of nitrogens with zero attached hydrogens (tertiary/aromatic N) is 3. The maximum absolute atomic E-state index is 13.0. The standard InChI is InChI=1S/C25H29N5O4S2/c1-3-26-23(31)21(17-9-11-30(12-10-17)25(32)33)36-19-13-20(34-18-7-5-4-6-8-18)22(27-14-19)29-24-28-16(2)15-35-24/h4-8,13-15,17,21H,3,9-12H2,1-2H3,(H,26,31)(H,32,33)(H,27,28,29). The molecule has 0 aliphatic carbocycles. The van der Waals surface area contributed by atoms with E-state index >= 15 is 0 Å². The Bertz CT molecular complexity index is 1180. The van der Waals surface area contributed by atoms with Crippen LogP contribution in [0.15, 0.2) is 52.9 Å². The number of anilines is 2. The minimum absolute atomic E-state index is 0.0479. The highest BCUT2D eigenvalue weighted by molar-refractivity contribution is 8.00. The molecular formula is C25H29N5O4S2. The highest BCUT2D eigenvalue weighted by Crippen LogP contribution is 2.38. The molecule has 36 heavy (non-hydrogen) atoms. The number of rotatable bonds is 9. The number of piperidine rings is 1. The molecule has 1 atom stereocenters. The van der Waals surface area contributed by atoms with Gasteiger partial charge in [0.05, 0.1) is 10.9 Å². The van der Waals surface area contributed by atoms with Crippen molar-refractivity contribution in [2.24, 2.45) is 5.92 Å². The minimum Gasteiger partial charge on any atom is -0.465 e. The Hall–Kier alpha value is -3.31. The zero-order valence-electron chi connectivity index (χ0n) is 20.1. The summed E-state index contributed by atoms with van der Waals surface area (Å²) in [7, 11) is 0. The molecule has 3 aromatic rings. The van der Waals surface area contributed by atoms with Crippen molar-refractivity contribution in [3.63, 3.8) is 0 Å². The number of carbonyl (C=O) groups is 2. The van der Waals surface area contributed by atoms with E-state index in [1.54, 1.807) is 6.20 Å². The fraction of sp³-hybridized carbons (Fsp3) is 0.360. The third kappa shape index (κ3) is 6.67. The van der Waals surface area contributed by atoms with E-state index < -0.39 is 6.09 Å². The van der Waals surface area contributed by atoms with Gasteiger partial charge in [0.1, 0.15) is 5.75 Å². The lowest BCUT2D eigenvalue weighted by Crippen LogP contribution is -2.44. The highest BCUT2D eigenvalue weighted by Gasteiger charge is 2.33. The summed E-state index contributed by atoms with van der Waals surface area (Å²) < 4.78 is 6.17. The number of hydrogen-bond acceptors (Lipinski definition) is 8. The Morgan fingerprint density at radius 3 is 2.67 bits per heavy atom. The van der Waals surface area contributed by atoms with Gasteiger partial charge in [-0.2, -0.15) is 0 Å². The molecule has 0 bridgehead atoms. The lowest BCUT2D eigenvalue weighted by Gasteiger charge is -2.33. The molecule has 0 spiro atoms. The molecule has 0 saturated carbocycles. The van der Waals surface area contributed by atoms with E-state index in [9.17, 15) is 14.7 Å². The summed E-state index contributed by atoms with van der Waals surface area (Å²) in [4.78, 5) is 35.6. The van der Waals surface area contributed by atoms with Crippen molar-refractivity contribution in [2.45, 2.75) is 36.8 Å². The maximum atomic E-state index is 13.0. The SMILES string of the molecule is CCNC(=O)C(Sc1cnc(Nc2nc(C)cs2)c(Oc2ccccc2)c1)C1CCN(C(=O)O)CC1. The summed E-state index contributed by atoms with van der Waals surface area (Å²) in [6.07, 6.45) is 2.07. The monoisotopic (exact) mass is 527 g/mol. The number of hydrogen-bond donors (Lipinski definition) is 3. The van der Waals surface area contributed by atoms with Crippen LogP contribution >= 0.6 is 23.1 Å². The third-order valence-electron chi connectivity index (χ3n) is 5.75. The molecule has 4 rings (SSSR count). The average molecular weight is 528 g/mol. The second-order valence-corrected chi connectivity index (χ2v) is 10.5. The summed E-state index contributed by atoms with van der Waals surface area (Å²) in [5.74, 6) is 1.71. The van der Waals surface area contributed by atoms with Crippen LogP contribution in [-0.4, -0.2) is 56.9 Å². The molecule has 190 valence electrons. The Kier molecular flexibility index (Phi) is 8.65. The van der Waals surface area contributed by atoms with Gasteiger partial charge in [-0.3, -0.25) is 4.79 Å². The molecule has 11 heteroatoms. The number of amides is 2. The lowest BCUT2D eigenvalue weighted by atomic mass is 9.93. The molecule has 1 aliphatic rings. The van der Waals surface area contributed by atoms with Gasteiger partial charge in [0, 0.05) is 36.1 Å². The number of nitrogens with one attached hydrogen (secondary N) is 2. The van der Waals surface area contributed by atoms with E-state index in [4.69, 9.17) is 4.74 Å². The molecule has 3 heterocycles. The lowest BCUT2D eigenvalue weighted by molar-refractivity contribution is -0.121. The number of thioether (sulfide) groups is 1. The van der Waals surface area contributed by atoms with Crippen molar-refractivity contribution in [3.8, 4) is 11.5 Å². The Morgan fingerprint density at radius 1 is 1.28 bits per heavy atom. The Labute approximate surface area is 218 Å². The molecule has 2 aromatic heterocycles. The molecule has 1 aromatic carbocycles. The van der Waals surface area contributed by atoms with Crippen LogP contribution in [0.5, 0.6) is 11.5 Å². The second kappa shape index (κ2) is 12.1. The molecule has 1 fully saturated rings. The van der Waals surface area contributed by atoms with Crippen LogP contribution < -0.4 is 15.4 Å². The molecule has 9 nitrogen and oxygen atoms in total. The molecule has 1 saturated heterocycles. The zero-order valence-corrected chi connectivity index (χ0v) is 21.8. The Balaban J connectivity index is 1.58. The van der Waals surface area contributed by atoms with Gasteiger partial charge in [0.2, 0.25) is 5.91 Å². The molecular weight excluding hydrogens is 498 g/mol. The predicted molar refractivity (Wildman–Crippen MR) is 142 cm³/mol. The van der Waals surface area contributed by atoms with E-state index in [-0.39, 0.29) is 17.1 Å². The van der Waals surface area contributed by atoms with Crippen molar-refractivity contribution in [3.05, 3.63) is 53.7 Å². The van der Waals surface area contributed by atoms with Crippen LogP contribution in [0.4, 0.5) is 15.7 Å². The summed E-state index contributed by atoms with van der Waals surface area (Å²) in [5.41, 5.74) is 0.916. The van der Waals surface area contributed by atoms with Crippen molar-refractivity contribution < 1.29 is 19.4 Å². The number of ether oxygens (including phenoxy) is 1. The van der Waals surface area contributed by atoms with Crippen molar-refractivity contribution in [1.82, 2.24) is 20.2 Å². The number of likely N-dealkylation sites (tertiary alicyclic amines) is 1. The van der Waals surface area contributed by atoms with Gasteiger partial charge in [-0.05, 0) is 50.8 Å². The zero-order chi connectivity index (χ0) is 25.5. The van der Waals surface area contributed by atoms with E-state index in [2.05, 4.69) is 20.6 Å². The molecule has 3 N–H and O–H groups in total. The predicted octanol–water partition coefficient (Wildman–Crippen LogP) is 5.37. The molecule has 2 amide bonds. The molecule has 1 aliphatic heterocycles. The number of carbonyl (C=O) groups excluding carboxylic acids is 1. The van der Waals surface area contributed by atoms with Crippen LogP contribution in [0.25, 0.3) is 0 Å². The normalized spacial score (nSPS) is 14.8. The third-order valence-corrected chi connectivity index (χ3v) is 7.98. The minimum atomic E-state index is -0.916. The first kappa shape index (κ1) is 25.8. The first-order valence-electron chi connectivity index (χ1n) is 11.8. The van der Waals surface area contributed by atoms with Crippen LogP contribution in [0.2, 0.25) is 0 Å². The number of aromatic nitrogens is 2. The Morgan fingerprint density at radius 2 is 2.03 bits per heavy atom. The summed E-state index contributed by atoms with van der Waals surface area (Å²) in [5, 5.41) is 17.8. The van der Waals surface area contributed by atoms with Gasteiger partial charge < -0.3 is 25.4 Å². The number of para-hydroxylation sites is 1. The van der Waals surface area contributed by atoms with E-state index in [0.29, 0.717) is 54.9 Å². The summed E-state index contributed by atoms with van der Waals surface area (Å²) in [6.45, 7) is 5.19. The summed E-state index contributed by atoms with van der Waals surface area (Å²) >= 11 is 2.92. The van der Waals surface area contributed by atoms with E-state index in [1.165, 1.54) is 28.0 Å². The molecule has 0 radical (unpaired) electrons. The van der Waals surface area contributed by atoms with Crippen molar-refractivity contribution in [1.29, 1.82) is 0 Å². The number of aryl methyl sites for hydroxylation is 1. The first-order valence-corrected chi connectivity index (χ1v) is 13.5. The fourth-order valence-electron chi connectivity index (χ4n) is 3.97. The van der Waals surface area contributed by atoms with E-state index in [0.717, 1.165) is 10.6 Å². The number of carboxylic acid groups (broad SMARTS) is 1. The number of thiazole rings is 1. The first-order chi connectivity index (χ1) is 17.4. The van der Waals surface area contributed by atoms with Crippen LogP contribution in [0.1, 0.15) is 25.5 Å². The average Bonchev–Trinajstić information content (AvgIpc) is 3.29. The van der Waals surface area contributed by atoms with Gasteiger partial charge in [0.15, 0.2) is 16.7 Å². The molecule has 1 unspecified atom stereocenters. The van der Waals surface area contributed by atoms with Crippen LogP contribution in [0, 0.1) is 12.8 Å². The second-order valence-electron chi connectivity index (χ2n) is 8.39. The summed E-state index contributed by atoms with van der Waals surface area (Å²) in [6, 6.07) is 11.3. The fourth-order valence-corrected chi connectivity index (χ4v) is 5.89. The topological polar surface area (TPSA) is 117 Å². The maximum Gasteiger partial charge on any atom is 0.407 e.